The van der Waals surface area contributed by atoms with Gasteiger partial charge in [0.15, 0.2) is 0 Å². The first-order valence-corrected chi connectivity index (χ1v) is 6.29. The van der Waals surface area contributed by atoms with Crippen molar-refractivity contribution in [1.29, 1.82) is 0 Å². The maximum atomic E-state index is 5.90. The number of hydrogen-bond donors (Lipinski definition) is 1. The summed E-state index contributed by atoms with van der Waals surface area (Å²) in [6.45, 7) is 4.90. The molecule has 0 radical (unpaired) electrons. The molecule has 3 aliphatic heterocycles. The largest absolute Gasteiger partial charge is 0.399 e. The van der Waals surface area contributed by atoms with Crippen LogP contribution in [0, 0.1) is 5.92 Å². The zero-order chi connectivity index (χ0) is 11.2. The number of nitrogens with two attached hydrogens (primary N) is 1. The Bertz CT molecular complexity index is 393. The van der Waals surface area contributed by atoms with Gasteiger partial charge in [-0.15, -0.1) is 0 Å². The Labute approximate surface area is 97.4 Å². The third-order valence-electron chi connectivity index (χ3n) is 4.51. The second kappa shape index (κ2) is 3.49. The first kappa shape index (κ1) is 10.2. The number of rotatable bonds is 1. The first-order valence-electron chi connectivity index (χ1n) is 6.29. The molecule has 2 bridgehead atoms. The van der Waals surface area contributed by atoms with Crippen LogP contribution in [0.15, 0.2) is 24.3 Å². The topological polar surface area (TPSA) is 29.3 Å². The van der Waals surface area contributed by atoms with Crippen molar-refractivity contribution < 1.29 is 0 Å². The lowest BCUT2D eigenvalue weighted by Crippen LogP contribution is -2.54. The highest BCUT2D eigenvalue weighted by Gasteiger charge is 2.43. The molecule has 3 aliphatic rings. The summed E-state index contributed by atoms with van der Waals surface area (Å²) < 4.78 is 0. The Hall–Kier alpha value is -1.02. The lowest BCUT2D eigenvalue weighted by atomic mass is 9.72. The molecule has 2 heteroatoms. The van der Waals surface area contributed by atoms with Gasteiger partial charge in [0.1, 0.15) is 0 Å². The summed E-state index contributed by atoms with van der Waals surface area (Å²) in [5.74, 6) is 0.927. The molecule has 1 unspecified atom stereocenters. The quantitative estimate of drug-likeness (QED) is 0.731. The van der Waals surface area contributed by atoms with E-state index in [-0.39, 0.29) is 5.54 Å². The van der Waals surface area contributed by atoms with Crippen LogP contribution in [0.2, 0.25) is 0 Å². The van der Waals surface area contributed by atoms with Gasteiger partial charge in [-0.2, -0.15) is 0 Å². The van der Waals surface area contributed by atoms with E-state index in [2.05, 4.69) is 30.0 Å². The van der Waals surface area contributed by atoms with Crippen LogP contribution in [-0.2, 0) is 5.54 Å². The van der Waals surface area contributed by atoms with E-state index in [0.29, 0.717) is 0 Å². The van der Waals surface area contributed by atoms with Gasteiger partial charge in [0.2, 0.25) is 0 Å². The lowest BCUT2D eigenvalue weighted by Gasteiger charge is -2.53. The summed E-state index contributed by atoms with van der Waals surface area (Å²) in [7, 11) is 0. The molecule has 1 aromatic rings. The third-order valence-corrected chi connectivity index (χ3v) is 4.51. The average molecular weight is 216 g/mol. The molecule has 0 saturated carbocycles. The Morgan fingerprint density at radius 1 is 1.31 bits per heavy atom. The van der Waals surface area contributed by atoms with Crippen molar-refractivity contribution in [2.24, 2.45) is 5.92 Å². The average Bonchev–Trinajstić information content (AvgIpc) is 2.30. The molecule has 0 spiro atoms. The number of nitrogen functional groups attached to an aromatic ring is 1. The summed E-state index contributed by atoms with van der Waals surface area (Å²) in [6.07, 6.45) is 4.08. The number of hydrogen-bond acceptors (Lipinski definition) is 2. The number of benzene rings is 1. The monoisotopic (exact) mass is 216 g/mol. The van der Waals surface area contributed by atoms with Crippen molar-refractivity contribution in [3.63, 3.8) is 0 Å². The maximum Gasteiger partial charge on any atom is 0.0435 e. The summed E-state index contributed by atoms with van der Waals surface area (Å²) >= 11 is 0. The van der Waals surface area contributed by atoms with Crippen LogP contribution >= 0.6 is 0 Å². The van der Waals surface area contributed by atoms with Gasteiger partial charge in [0, 0.05) is 11.2 Å². The van der Waals surface area contributed by atoms with E-state index < -0.39 is 0 Å². The minimum atomic E-state index is 0.233. The van der Waals surface area contributed by atoms with Crippen LogP contribution in [-0.4, -0.2) is 18.0 Å². The summed E-state index contributed by atoms with van der Waals surface area (Å²) in [5.41, 5.74) is 8.43. The second-order valence-electron chi connectivity index (χ2n) is 5.53. The van der Waals surface area contributed by atoms with E-state index in [0.717, 1.165) is 11.6 Å². The molecule has 2 nitrogen and oxygen atoms in total. The van der Waals surface area contributed by atoms with Gasteiger partial charge in [0.25, 0.3) is 0 Å². The second-order valence-corrected chi connectivity index (χ2v) is 5.53. The van der Waals surface area contributed by atoms with Crippen molar-refractivity contribution in [1.82, 2.24) is 4.90 Å². The smallest absolute Gasteiger partial charge is 0.0435 e. The van der Waals surface area contributed by atoms with Crippen molar-refractivity contribution in [3.05, 3.63) is 29.8 Å². The fourth-order valence-electron chi connectivity index (χ4n) is 3.50. The van der Waals surface area contributed by atoms with E-state index in [1.165, 1.54) is 37.9 Å². The van der Waals surface area contributed by atoms with Gasteiger partial charge in [-0.25, -0.2) is 0 Å². The highest BCUT2D eigenvalue weighted by molar-refractivity contribution is 5.43. The zero-order valence-electron chi connectivity index (χ0n) is 9.95. The number of anilines is 1. The van der Waals surface area contributed by atoms with Crippen LogP contribution < -0.4 is 5.73 Å². The Morgan fingerprint density at radius 3 is 2.62 bits per heavy atom. The van der Waals surface area contributed by atoms with E-state index in [9.17, 15) is 0 Å². The highest BCUT2D eigenvalue weighted by atomic mass is 15.2. The van der Waals surface area contributed by atoms with Gasteiger partial charge in [0.05, 0.1) is 0 Å². The van der Waals surface area contributed by atoms with Gasteiger partial charge in [-0.3, -0.25) is 4.90 Å². The minimum Gasteiger partial charge on any atom is -0.399 e. The molecule has 16 heavy (non-hydrogen) atoms. The van der Waals surface area contributed by atoms with Gasteiger partial charge >= 0.3 is 0 Å². The molecule has 4 rings (SSSR count). The standard InChI is InChI=1S/C14H20N2/c1-14(12-3-2-4-13(15)9-12)10-11-5-7-16(14)8-6-11/h2-4,9,11H,5-8,10,15H2,1H3. The van der Waals surface area contributed by atoms with Crippen LogP contribution in [0.1, 0.15) is 31.7 Å². The predicted octanol–water partition coefficient (Wildman–Crippen LogP) is 2.60. The molecule has 2 N–H and O–H groups in total. The zero-order valence-corrected chi connectivity index (χ0v) is 9.95. The van der Waals surface area contributed by atoms with Crippen molar-refractivity contribution in [3.8, 4) is 0 Å². The fraction of sp³-hybridized carbons (Fsp3) is 0.571. The van der Waals surface area contributed by atoms with Crippen molar-refractivity contribution in [2.75, 3.05) is 18.8 Å². The molecule has 0 aromatic heterocycles. The first-order chi connectivity index (χ1) is 7.68. The molecule has 3 saturated heterocycles. The van der Waals surface area contributed by atoms with E-state index in [4.69, 9.17) is 5.73 Å². The van der Waals surface area contributed by atoms with Crippen LogP contribution in [0.25, 0.3) is 0 Å². The highest BCUT2D eigenvalue weighted by Crippen LogP contribution is 2.45. The van der Waals surface area contributed by atoms with E-state index in [1.54, 1.807) is 0 Å². The molecule has 0 aliphatic carbocycles. The van der Waals surface area contributed by atoms with Crippen molar-refractivity contribution >= 4 is 5.69 Å². The normalized spacial score (nSPS) is 37.6. The molecule has 0 amide bonds. The van der Waals surface area contributed by atoms with E-state index >= 15 is 0 Å². The number of fused-ring (bicyclic) bond motifs is 3. The lowest BCUT2D eigenvalue weighted by molar-refractivity contribution is -0.0214. The maximum absolute atomic E-state index is 5.90. The molecule has 3 heterocycles. The minimum absolute atomic E-state index is 0.233. The van der Waals surface area contributed by atoms with Gasteiger partial charge < -0.3 is 5.73 Å². The molecule has 3 fully saturated rings. The molecular weight excluding hydrogens is 196 g/mol. The Kier molecular flexibility index (Phi) is 2.21. The molecule has 1 atom stereocenters. The van der Waals surface area contributed by atoms with Crippen LogP contribution in [0.4, 0.5) is 5.69 Å². The molecular formula is C14H20N2. The summed E-state index contributed by atoms with van der Waals surface area (Å²) in [4.78, 5) is 2.64. The predicted molar refractivity (Wildman–Crippen MR) is 67.1 cm³/mol. The van der Waals surface area contributed by atoms with Crippen LogP contribution in [0.3, 0.4) is 0 Å². The van der Waals surface area contributed by atoms with E-state index in [1.807, 2.05) is 6.07 Å². The SMILES string of the molecule is CC1(c2cccc(N)c2)CC2CCN1CC2. The third kappa shape index (κ3) is 1.44. The number of nitrogens with zero attached hydrogens (tertiary/aromatic N) is 1. The summed E-state index contributed by atoms with van der Waals surface area (Å²) in [5, 5.41) is 0. The van der Waals surface area contributed by atoms with Gasteiger partial charge in [-0.1, -0.05) is 12.1 Å². The molecule has 86 valence electrons. The Morgan fingerprint density at radius 2 is 2.06 bits per heavy atom. The van der Waals surface area contributed by atoms with Crippen molar-refractivity contribution in [2.45, 2.75) is 31.7 Å². The summed E-state index contributed by atoms with van der Waals surface area (Å²) in [6, 6.07) is 8.44. The van der Waals surface area contributed by atoms with Crippen LogP contribution in [0.5, 0.6) is 0 Å². The fourth-order valence-corrected chi connectivity index (χ4v) is 3.50. The Balaban J connectivity index is 1.99. The van der Waals surface area contributed by atoms with Gasteiger partial charge in [-0.05, 0) is 62.9 Å². The molecule has 1 aromatic carbocycles. The number of piperidine rings is 3.